The number of hydrogen-bond donors (Lipinski definition) is 0. The van der Waals surface area contributed by atoms with Crippen molar-refractivity contribution in [2.45, 2.75) is 51.2 Å². The first-order valence-electron chi connectivity index (χ1n) is 9.55. The smallest absolute Gasteiger partial charge is 0.258 e. The van der Waals surface area contributed by atoms with Crippen molar-refractivity contribution < 1.29 is 0 Å². The highest BCUT2D eigenvalue weighted by Gasteiger charge is 2.22. The van der Waals surface area contributed by atoms with Gasteiger partial charge in [-0.2, -0.15) is 0 Å². The molecule has 0 saturated heterocycles. The molecule has 2 aromatic heterocycles. The van der Waals surface area contributed by atoms with Gasteiger partial charge in [-0.25, -0.2) is 4.98 Å². The summed E-state index contributed by atoms with van der Waals surface area (Å²) in [7, 11) is 0. The van der Waals surface area contributed by atoms with Gasteiger partial charge in [0.2, 0.25) is 0 Å². The maximum atomic E-state index is 12.4. The monoisotopic (exact) mass is 347 g/mol. The van der Waals surface area contributed by atoms with Gasteiger partial charge < -0.3 is 0 Å². The molecule has 0 unspecified atom stereocenters. The van der Waals surface area contributed by atoms with E-state index in [2.05, 4.69) is 35.2 Å². The summed E-state index contributed by atoms with van der Waals surface area (Å²) >= 11 is 0. The Morgan fingerprint density at radius 1 is 0.962 bits per heavy atom. The third-order valence-electron chi connectivity index (χ3n) is 5.31. The van der Waals surface area contributed by atoms with Crippen LogP contribution in [0, 0.1) is 0 Å². The number of hydrogen-bond acceptors (Lipinski definition) is 3. The number of nitrogens with zero attached hydrogens (tertiary/aromatic N) is 3. The Morgan fingerprint density at radius 3 is 2.54 bits per heavy atom. The first-order chi connectivity index (χ1) is 12.8. The van der Waals surface area contributed by atoms with Crippen LogP contribution in [0.15, 0.2) is 65.6 Å². The fourth-order valence-electron chi connectivity index (χ4n) is 3.97. The zero-order chi connectivity index (χ0) is 17.8. The zero-order valence-electron chi connectivity index (χ0n) is 15.1. The molecule has 2 heterocycles. The van der Waals surface area contributed by atoms with Gasteiger partial charge in [0.1, 0.15) is 5.65 Å². The standard InChI is InChI=1S/C22H25N3O/c26-22-15-19(23-21-13-7-8-14-25(21)22)17-24(20-11-5-2-6-12-20)16-18-9-3-1-4-10-18/h1,3-4,7-10,13-15,20H,2,5-6,11-12,16-17H2. The third kappa shape index (κ3) is 3.86. The average Bonchev–Trinajstić information content (AvgIpc) is 2.69. The van der Waals surface area contributed by atoms with E-state index in [-0.39, 0.29) is 5.56 Å². The third-order valence-corrected chi connectivity index (χ3v) is 5.31. The Morgan fingerprint density at radius 2 is 1.73 bits per heavy atom. The topological polar surface area (TPSA) is 37.6 Å². The van der Waals surface area contributed by atoms with Crippen LogP contribution in [0.3, 0.4) is 0 Å². The summed E-state index contributed by atoms with van der Waals surface area (Å²) in [5.74, 6) is 0. The highest BCUT2D eigenvalue weighted by Crippen LogP contribution is 2.25. The van der Waals surface area contributed by atoms with Gasteiger partial charge in [-0.05, 0) is 30.5 Å². The van der Waals surface area contributed by atoms with E-state index >= 15 is 0 Å². The number of fused-ring (bicyclic) bond motifs is 1. The predicted octanol–water partition coefficient (Wildman–Crippen LogP) is 4.03. The fraction of sp³-hybridized carbons (Fsp3) is 0.364. The Bertz CT molecular complexity index is 913. The van der Waals surface area contributed by atoms with Crippen LogP contribution in [0.2, 0.25) is 0 Å². The highest BCUT2D eigenvalue weighted by molar-refractivity contribution is 5.38. The van der Waals surface area contributed by atoms with Crippen LogP contribution in [0.5, 0.6) is 0 Å². The van der Waals surface area contributed by atoms with Crippen molar-refractivity contribution in [2.75, 3.05) is 0 Å². The lowest BCUT2D eigenvalue weighted by molar-refractivity contribution is 0.138. The lowest BCUT2D eigenvalue weighted by atomic mass is 9.93. The molecule has 4 rings (SSSR count). The molecule has 4 heteroatoms. The second-order valence-corrected chi connectivity index (χ2v) is 7.20. The Balaban J connectivity index is 1.62. The molecule has 1 fully saturated rings. The summed E-state index contributed by atoms with van der Waals surface area (Å²) < 4.78 is 1.60. The van der Waals surface area contributed by atoms with Crippen molar-refractivity contribution in [3.8, 4) is 0 Å². The molecule has 0 radical (unpaired) electrons. The van der Waals surface area contributed by atoms with Crippen LogP contribution in [0.4, 0.5) is 0 Å². The average molecular weight is 347 g/mol. The molecule has 0 atom stereocenters. The molecule has 0 spiro atoms. The minimum absolute atomic E-state index is 0.00564. The van der Waals surface area contributed by atoms with Crippen LogP contribution in [-0.2, 0) is 13.1 Å². The SMILES string of the molecule is O=c1cc(CN(Cc2ccccc2)C2CCCCC2)nc2ccccn12. The van der Waals surface area contributed by atoms with Gasteiger partial charge in [0, 0.05) is 31.4 Å². The lowest BCUT2D eigenvalue weighted by Crippen LogP contribution is -2.36. The summed E-state index contributed by atoms with van der Waals surface area (Å²) in [6, 6.07) is 18.5. The molecule has 4 nitrogen and oxygen atoms in total. The van der Waals surface area contributed by atoms with Crippen LogP contribution >= 0.6 is 0 Å². The molecular weight excluding hydrogens is 322 g/mol. The zero-order valence-corrected chi connectivity index (χ0v) is 15.1. The molecule has 1 aromatic carbocycles. The number of benzene rings is 1. The van der Waals surface area contributed by atoms with Crippen molar-refractivity contribution in [3.05, 3.63) is 82.4 Å². The molecular formula is C22H25N3O. The van der Waals surface area contributed by atoms with Crippen LogP contribution in [-0.4, -0.2) is 20.3 Å². The van der Waals surface area contributed by atoms with Crippen LogP contribution < -0.4 is 5.56 Å². The minimum Gasteiger partial charge on any atom is -0.290 e. The molecule has 0 N–H and O–H groups in total. The van der Waals surface area contributed by atoms with E-state index in [0.717, 1.165) is 24.4 Å². The summed E-state index contributed by atoms with van der Waals surface area (Å²) in [6.07, 6.45) is 8.18. The van der Waals surface area contributed by atoms with Crippen LogP contribution in [0.1, 0.15) is 43.4 Å². The molecule has 1 aliphatic carbocycles. The van der Waals surface area contributed by atoms with Gasteiger partial charge in [-0.3, -0.25) is 14.1 Å². The predicted molar refractivity (Wildman–Crippen MR) is 104 cm³/mol. The normalized spacial score (nSPS) is 15.6. The van der Waals surface area contributed by atoms with E-state index in [1.807, 2.05) is 18.2 Å². The lowest BCUT2D eigenvalue weighted by Gasteiger charge is -2.34. The number of aromatic nitrogens is 2. The van der Waals surface area contributed by atoms with Crippen LogP contribution in [0.25, 0.3) is 5.65 Å². The van der Waals surface area contributed by atoms with Crippen molar-refractivity contribution in [2.24, 2.45) is 0 Å². The molecule has 0 amide bonds. The van der Waals surface area contributed by atoms with E-state index in [9.17, 15) is 4.79 Å². The Labute approximate surface area is 154 Å². The van der Waals surface area contributed by atoms with E-state index in [0.29, 0.717) is 6.04 Å². The van der Waals surface area contributed by atoms with Gasteiger partial charge in [-0.1, -0.05) is 55.7 Å². The quantitative estimate of drug-likeness (QED) is 0.699. The molecule has 1 aliphatic rings. The molecule has 0 aliphatic heterocycles. The van der Waals surface area contributed by atoms with Gasteiger partial charge in [0.05, 0.1) is 5.69 Å². The van der Waals surface area contributed by atoms with Gasteiger partial charge >= 0.3 is 0 Å². The second kappa shape index (κ2) is 7.83. The van der Waals surface area contributed by atoms with E-state index in [1.165, 1.54) is 37.7 Å². The molecule has 0 bridgehead atoms. The highest BCUT2D eigenvalue weighted by atomic mass is 16.1. The summed E-state index contributed by atoms with van der Waals surface area (Å²) in [6.45, 7) is 1.63. The first-order valence-corrected chi connectivity index (χ1v) is 9.55. The summed E-state index contributed by atoms with van der Waals surface area (Å²) in [5, 5.41) is 0. The fourth-order valence-corrected chi connectivity index (χ4v) is 3.97. The Hall–Kier alpha value is -2.46. The largest absolute Gasteiger partial charge is 0.290 e. The van der Waals surface area contributed by atoms with Crippen molar-refractivity contribution >= 4 is 5.65 Å². The van der Waals surface area contributed by atoms with E-state index in [4.69, 9.17) is 4.98 Å². The molecule has 1 saturated carbocycles. The van der Waals surface area contributed by atoms with E-state index < -0.39 is 0 Å². The maximum Gasteiger partial charge on any atom is 0.258 e. The van der Waals surface area contributed by atoms with Gasteiger partial charge in [-0.15, -0.1) is 0 Å². The number of rotatable bonds is 5. The Kier molecular flexibility index (Phi) is 5.12. The second-order valence-electron chi connectivity index (χ2n) is 7.20. The molecule has 26 heavy (non-hydrogen) atoms. The van der Waals surface area contributed by atoms with E-state index in [1.54, 1.807) is 16.7 Å². The van der Waals surface area contributed by atoms with Gasteiger partial charge in [0.15, 0.2) is 0 Å². The number of pyridine rings is 1. The maximum absolute atomic E-state index is 12.4. The molecule has 3 aromatic rings. The van der Waals surface area contributed by atoms with Crippen molar-refractivity contribution in [1.82, 2.24) is 14.3 Å². The summed E-state index contributed by atoms with van der Waals surface area (Å²) in [5.41, 5.74) is 2.89. The van der Waals surface area contributed by atoms with Crippen molar-refractivity contribution in [1.29, 1.82) is 0 Å². The minimum atomic E-state index is -0.00564. The van der Waals surface area contributed by atoms with Crippen molar-refractivity contribution in [3.63, 3.8) is 0 Å². The van der Waals surface area contributed by atoms with Gasteiger partial charge in [0.25, 0.3) is 5.56 Å². The molecule has 134 valence electrons. The first kappa shape index (κ1) is 17.0. The summed E-state index contributed by atoms with van der Waals surface area (Å²) in [4.78, 5) is 19.7.